The van der Waals surface area contributed by atoms with Crippen molar-refractivity contribution < 1.29 is 19.7 Å². The largest absolute Gasteiger partial charge is 0.477 e. The highest BCUT2D eigenvalue weighted by molar-refractivity contribution is 5.97. The number of carbonyl (C=O) groups excluding carboxylic acids is 1. The summed E-state index contributed by atoms with van der Waals surface area (Å²) in [5.41, 5.74) is 2.98. The van der Waals surface area contributed by atoms with Gasteiger partial charge in [-0.15, -0.1) is 0 Å². The van der Waals surface area contributed by atoms with Crippen LogP contribution >= 0.6 is 0 Å². The molecule has 0 saturated carbocycles. The summed E-state index contributed by atoms with van der Waals surface area (Å²) in [5.74, 6) is 0.472. The molecule has 1 aliphatic rings. The van der Waals surface area contributed by atoms with E-state index in [1.165, 1.54) is 6.20 Å². The summed E-state index contributed by atoms with van der Waals surface area (Å²) in [7, 11) is 0. The fourth-order valence-electron chi connectivity index (χ4n) is 3.51. The molecule has 0 spiro atoms. The van der Waals surface area contributed by atoms with Crippen LogP contribution in [0.2, 0.25) is 0 Å². The van der Waals surface area contributed by atoms with Crippen molar-refractivity contribution >= 4 is 5.78 Å². The van der Waals surface area contributed by atoms with Crippen LogP contribution in [0.5, 0.6) is 5.88 Å². The molecule has 2 N–H and O–H groups in total. The second-order valence-electron chi connectivity index (χ2n) is 7.22. The third-order valence-electron chi connectivity index (χ3n) is 5.12. The zero-order chi connectivity index (χ0) is 20.6. The van der Waals surface area contributed by atoms with E-state index in [9.17, 15) is 19.9 Å². The molecular formula is C21H25N3O5. The third kappa shape index (κ3) is 5.66. The summed E-state index contributed by atoms with van der Waals surface area (Å²) in [5, 5.41) is 21.3. The molecule has 0 aliphatic carbocycles. The first-order valence-corrected chi connectivity index (χ1v) is 9.59. The Kier molecular flexibility index (Phi) is 7.40. The number of ketones is 1. The molecule has 1 atom stereocenters. The first kappa shape index (κ1) is 21.0. The lowest BCUT2D eigenvalue weighted by Crippen LogP contribution is -2.22. The molecule has 0 radical (unpaired) electrons. The summed E-state index contributed by atoms with van der Waals surface area (Å²) >= 11 is 0. The maximum Gasteiger partial charge on any atom is 0.213 e. The minimum absolute atomic E-state index is 0.0730. The molecule has 1 saturated heterocycles. The van der Waals surface area contributed by atoms with Crippen LogP contribution in [0, 0.1) is 10.8 Å². The molecule has 1 unspecified atom stereocenters. The van der Waals surface area contributed by atoms with Crippen LogP contribution in [0.15, 0.2) is 41.7 Å². The molecule has 8 heteroatoms. The van der Waals surface area contributed by atoms with E-state index in [0.29, 0.717) is 24.0 Å². The molecule has 29 heavy (non-hydrogen) atoms. The number of ether oxygens (including phenoxy) is 1. The number of aromatic nitrogens is 1. The molecule has 2 aromatic rings. The highest BCUT2D eigenvalue weighted by atomic mass is 16.5. The predicted octanol–water partition coefficient (Wildman–Crippen LogP) is 1.92. The molecule has 1 aromatic heterocycles. The fourth-order valence-corrected chi connectivity index (χ4v) is 3.51. The van der Waals surface area contributed by atoms with Gasteiger partial charge in [0.1, 0.15) is 6.54 Å². The molecule has 2 heterocycles. The molecule has 1 fully saturated rings. The number of nitroso groups, excluding NO2 is 1. The first-order valence-electron chi connectivity index (χ1n) is 9.59. The van der Waals surface area contributed by atoms with Gasteiger partial charge in [0.15, 0.2) is 5.78 Å². The molecule has 0 bridgehead atoms. The quantitative estimate of drug-likeness (QED) is 0.464. The van der Waals surface area contributed by atoms with E-state index in [-0.39, 0.29) is 25.5 Å². The Morgan fingerprint density at radius 2 is 2.03 bits per heavy atom. The number of Topliss-reactive ketones (excluding diaryl/α,β-unsaturated/α-hetero) is 1. The van der Waals surface area contributed by atoms with Crippen LogP contribution < -0.4 is 4.74 Å². The Morgan fingerprint density at radius 1 is 1.21 bits per heavy atom. The minimum atomic E-state index is -0.387. The van der Waals surface area contributed by atoms with E-state index in [4.69, 9.17) is 4.74 Å². The first-order chi connectivity index (χ1) is 14.1. The number of hydrogen-bond donors (Lipinski definition) is 2. The number of likely N-dealkylation sites (tertiary alicyclic amines) is 1. The fraction of sp³-hybridized carbons (Fsp3) is 0.429. The summed E-state index contributed by atoms with van der Waals surface area (Å²) in [6.07, 6.45) is 2.42. The van der Waals surface area contributed by atoms with Crippen LogP contribution in [0.3, 0.4) is 0 Å². The summed E-state index contributed by atoms with van der Waals surface area (Å²) < 4.78 is 5.75. The van der Waals surface area contributed by atoms with Crippen LogP contribution in [0.4, 0.5) is 0 Å². The van der Waals surface area contributed by atoms with E-state index in [2.05, 4.69) is 15.1 Å². The second kappa shape index (κ2) is 10.2. The highest BCUT2D eigenvalue weighted by Gasteiger charge is 2.23. The van der Waals surface area contributed by atoms with Crippen LogP contribution in [0.1, 0.15) is 33.5 Å². The molecule has 0 amide bonds. The van der Waals surface area contributed by atoms with Crippen LogP contribution in [0.25, 0.3) is 0 Å². The molecule has 3 rings (SSSR count). The summed E-state index contributed by atoms with van der Waals surface area (Å²) in [4.78, 5) is 28.2. The van der Waals surface area contributed by atoms with Gasteiger partial charge in [-0.1, -0.05) is 23.4 Å². The van der Waals surface area contributed by atoms with Gasteiger partial charge in [0.05, 0.1) is 19.8 Å². The summed E-state index contributed by atoms with van der Waals surface area (Å²) in [6.45, 7) is 2.65. The minimum Gasteiger partial charge on any atom is -0.477 e. The van der Waals surface area contributed by atoms with E-state index >= 15 is 0 Å². The zero-order valence-corrected chi connectivity index (χ0v) is 16.2. The molecule has 8 nitrogen and oxygen atoms in total. The molecule has 154 valence electrons. The third-order valence-corrected chi connectivity index (χ3v) is 5.12. The number of aliphatic hydroxyl groups is 2. The summed E-state index contributed by atoms with van der Waals surface area (Å²) in [6, 6.07) is 9.02. The van der Waals surface area contributed by atoms with Gasteiger partial charge in [0.2, 0.25) is 5.88 Å². The van der Waals surface area contributed by atoms with Crippen molar-refractivity contribution in [3.05, 3.63) is 63.7 Å². The van der Waals surface area contributed by atoms with Gasteiger partial charge in [-0.2, -0.15) is 4.91 Å². The Labute approximate surface area is 169 Å². The number of pyridine rings is 1. The van der Waals surface area contributed by atoms with Gasteiger partial charge in [-0.25, -0.2) is 4.98 Å². The van der Waals surface area contributed by atoms with Gasteiger partial charge < -0.3 is 14.9 Å². The number of aliphatic hydroxyl groups excluding tert-OH is 2. The Balaban J connectivity index is 1.48. The number of nitrogens with zero attached hydrogens (tertiary/aromatic N) is 3. The van der Waals surface area contributed by atoms with Gasteiger partial charge >= 0.3 is 0 Å². The van der Waals surface area contributed by atoms with E-state index < -0.39 is 0 Å². The van der Waals surface area contributed by atoms with Crippen molar-refractivity contribution in [3.63, 3.8) is 0 Å². The normalized spacial score (nSPS) is 16.7. The number of benzene rings is 1. The van der Waals surface area contributed by atoms with Crippen molar-refractivity contribution in [2.45, 2.75) is 26.2 Å². The van der Waals surface area contributed by atoms with Gasteiger partial charge in [-0.3, -0.25) is 9.69 Å². The maximum absolute atomic E-state index is 11.6. The highest BCUT2D eigenvalue weighted by Crippen LogP contribution is 2.21. The SMILES string of the molecule is O=NCC(=O)c1ccc(OCC2CCN(Cc3ccc(CO)c(CO)c3)C2)nc1. The monoisotopic (exact) mass is 399 g/mol. The van der Waals surface area contributed by atoms with Crippen molar-refractivity contribution in [1.29, 1.82) is 0 Å². The molecule has 1 aliphatic heterocycles. The average molecular weight is 399 g/mol. The van der Waals surface area contributed by atoms with E-state index in [0.717, 1.165) is 42.7 Å². The Hall–Kier alpha value is -2.68. The van der Waals surface area contributed by atoms with Gasteiger partial charge in [0, 0.05) is 36.8 Å². The number of rotatable bonds is 10. The van der Waals surface area contributed by atoms with Crippen molar-refractivity contribution in [3.8, 4) is 5.88 Å². The average Bonchev–Trinajstić information content (AvgIpc) is 3.20. The standard InChI is InChI=1S/C21H25N3O5/c25-12-18-2-1-15(7-19(18)13-26)10-24-6-5-16(11-24)14-29-21-4-3-17(8-22-21)20(27)9-23-28/h1-4,7-8,16,25-26H,5-6,9-14H2. The predicted molar refractivity (Wildman–Crippen MR) is 106 cm³/mol. The number of carbonyl (C=O) groups is 1. The zero-order valence-electron chi connectivity index (χ0n) is 16.2. The van der Waals surface area contributed by atoms with Gasteiger partial charge in [0.25, 0.3) is 0 Å². The van der Waals surface area contributed by atoms with Crippen LogP contribution in [-0.4, -0.2) is 52.1 Å². The van der Waals surface area contributed by atoms with Crippen molar-refractivity contribution in [1.82, 2.24) is 9.88 Å². The molecular weight excluding hydrogens is 374 g/mol. The maximum atomic E-state index is 11.6. The topological polar surface area (TPSA) is 112 Å². The van der Waals surface area contributed by atoms with E-state index in [1.807, 2.05) is 18.2 Å². The second-order valence-corrected chi connectivity index (χ2v) is 7.22. The van der Waals surface area contributed by atoms with Gasteiger partial charge in [-0.05, 0) is 35.7 Å². The van der Waals surface area contributed by atoms with Crippen LogP contribution in [-0.2, 0) is 19.8 Å². The lowest BCUT2D eigenvalue weighted by molar-refractivity contribution is 0.100. The Bertz CT molecular complexity index is 841. The molecule has 1 aromatic carbocycles. The lowest BCUT2D eigenvalue weighted by atomic mass is 10.0. The van der Waals surface area contributed by atoms with Crippen molar-refractivity contribution in [2.24, 2.45) is 11.1 Å². The smallest absolute Gasteiger partial charge is 0.213 e. The number of hydrogen-bond acceptors (Lipinski definition) is 8. The van der Waals surface area contributed by atoms with E-state index in [1.54, 1.807) is 12.1 Å². The lowest BCUT2D eigenvalue weighted by Gasteiger charge is -2.17. The van der Waals surface area contributed by atoms with Crippen molar-refractivity contribution in [2.75, 3.05) is 26.2 Å². The Morgan fingerprint density at radius 3 is 2.72 bits per heavy atom.